The Morgan fingerprint density at radius 3 is 2.00 bits per heavy atom. The highest BCUT2D eigenvalue weighted by Gasteiger charge is 2.69. The molecule has 0 bridgehead atoms. The fourth-order valence-electron chi connectivity index (χ4n) is 14.2. The summed E-state index contributed by atoms with van der Waals surface area (Å²) in [4.78, 5) is 0. The molecule has 0 radical (unpaired) electrons. The van der Waals surface area contributed by atoms with Crippen LogP contribution in [0.2, 0.25) is 0 Å². The Morgan fingerprint density at radius 1 is 0.698 bits per heavy atom. The van der Waals surface area contributed by atoms with E-state index in [0.717, 1.165) is 45.1 Å². The molecule has 5 saturated heterocycles. The van der Waals surface area contributed by atoms with Crippen molar-refractivity contribution in [1.29, 1.82) is 0 Å². The van der Waals surface area contributed by atoms with Crippen LogP contribution in [0, 0.1) is 46.3 Å². The minimum absolute atomic E-state index is 0.000661. The Kier molecular flexibility index (Phi) is 13.4. The molecule has 0 amide bonds. The Morgan fingerprint density at radius 2 is 1.37 bits per heavy atom. The topological polar surface area (TPSA) is 225 Å². The molecule has 7 N–H and O–H groups in total. The van der Waals surface area contributed by atoms with Gasteiger partial charge in [0.1, 0.15) is 61.0 Å². The maximum Gasteiger partial charge on any atom is 0.187 e. The summed E-state index contributed by atoms with van der Waals surface area (Å²) >= 11 is 0. The molecule has 360 valence electrons. The van der Waals surface area contributed by atoms with Crippen LogP contribution in [0.1, 0.15) is 106 Å². The van der Waals surface area contributed by atoms with Crippen molar-refractivity contribution in [1.82, 2.24) is 0 Å². The third-order valence-electron chi connectivity index (χ3n) is 18.0. The van der Waals surface area contributed by atoms with Crippen LogP contribution in [0.25, 0.3) is 0 Å². The molecule has 5 heterocycles. The second kappa shape index (κ2) is 17.9. The van der Waals surface area contributed by atoms with Crippen LogP contribution in [0.4, 0.5) is 0 Å². The van der Waals surface area contributed by atoms with E-state index in [2.05, 4.69) is 33.8 Å². The Balaban J connectivity index is 0.930. The predicted octanol–water partition coefficient (Wildman–Crippen LogP) is 2.29. The number of ether oxygens (including phenoxy) is 9. The first-order chi connectivity index (χ1) is 29.9. The highest BCUT2D eigenvalue weighted by Crippen LogP contribution is 2.70. The average molecular weight is 897 g/mol. The molecule has 8 fully saturated rings. The van der Waals surface area contributed by atoms with Crippen LogP contribution in [0.5, 0.6) is 0 Å². The summed E-state index contributed by atoms with van der Waals surface area (Å²) in [6.45, 7) is 15.6. The van der Waals surface area contributed by atoms with Crippen molar-refractivity contribution in [3.63, 3.8) is 0 Å². The van der Waals surface area contributed by atoms with Crippen molar-refractivity contribution in [2.24, 2.45) is 46.3 Å². The van der Waals surface area contributed by atoms with Crippen molar-refractivity contribution in [2.45, 2.75) is 216 Å². The van der Waals surface area contributed by atoms with Crippen LogP contribution < -0.4 is 0 Å². The third-order valence-corrected chi connectivity index (χ3v) is 18.0. The molecule has 16 nitrogen and oxygen atoms in total. The number of hydrogen-bond acceptors (Lipinski definition) is 16. The summed E-state index contributed by atoms with van der Waals surface area (Å²) in [7, 11) is 0. The zero-order valence-electron chi connectivity index (χ0n) is 38.1. The average Bonchev–Trinajstić information content (AvgIpc) is 3.71. The highest BCUT2D eigenvalue weighted by atomic mass is 16.8. The fourth-order valence-corrected chi connectivity index (χ4v) is 14.2. The van der Waals surface area contributed by atoms with Gasteiger partial charge in [-0.25, -0.2) is 0 Å². The van der Waals surface area contributed by atoms with Gasteiger partial charge < -0.3 is 78.4 Å². The number of allylic oxidation sites excluding steroid dienone is 1. The van der Waals surface area contributed by atoms with Crippen LogP contribution in [0.15, 0.2) is 11.6 Å². The smallest absolute Gasteiger partial charge is 0.187 e. The SMILES string of the molecule is CCOC[C@H]1O[C@@H](O[C@H]2CC[C@@]3(C)C(=CC[C@H]4[C@@H]5C[C@@H]6O[C@]7(CC[C@@H](C)CO7)[C@@H](C)[C@@H]6[C@@]5(C)CC[C@@H]43)C2)[C@H](O[C@@H]2O[C@@H](C)[C@H](O)[C@@H](O)[C@H]2O)[C@@H](O)[C@@H]1O[C@@H]1O[C@@H](C)[C@H](O)[C@@H](O)[C@H]1O. The van der Waals surface area contributed by atoms with Gasteiger partial charge in [0, 0.05) is 18.9 Å². The highest BCUT2D eigenvalue weighted by molar-refractivity contribution is 5.26. The molecule has 4 aliphatic carbocycles. The van der Waals surface area contributed by atoms with E-state index in [-0.39, 0.29) is 29.6 Å². The van der Waals surface area contributed by atoms with E-state index >= 15 is 0 Å². The van der Waals surface area contributed by atoms with Crippen molar-refractivity contribution >= 4 is 0 Å². The number of fused-ring (bicyclic) bond motifs is 7. The van der Waals surface area contributed by atoms with Gasteiger partial charge in [-0.05, 0) is 113 Å². The summed E-state index contributed by atoms with van der Waals surface area (Å²) in [5, 5.41) is 76.1. The summed E-state index contributed by atoms with van der Waals surface area (Å²) in [6, 6.07) is 0. The zero-order valence-corrected chi connectivity index (χ0v) is 38.1. The van der Waals surface area contributed by atoms with Gasteiger partial charge in [0.2, 0.25) is 0 Å². The molecule has 9 aliphatic rings. The van der Waals surface area contributed by atoms with Crippen LogP contribution >= 0.6 is 0 Å². The molecular formula is C47H76O16. The van der Waals surface area contributed by atoms with Gasteiger partial charge in [0.05, 0.1) is 37.6 Å². The summed E-state index contributed by atoms with van der Waals surface area (Å²) in [5.74, 6) is 2.71. The lowest BCUT2D eigenvalue weighted by Crippen LogP contribution is -2.66. The number of hydrogen-bond donors (Lipinski definition) is 7. The molecular weight excluding hydrogens is 821 g/mol. The number of aliphatic hydroxyl groups is 7. The molecule has 63 heavy (non-hydrogen) atoms. The first kappa shape index (κ1) is 47.2. The molecule has 26 atom stereocenters. The van der Waals surface area contributed by atoms with Gasteiger partial charge >= 0.3 is 0 Å². The standard InChI is InChI=1S/C47H76O16/c1-8-55-20-31-40(61-42-37(52)35(50)33(48)23(4)57-42)39(54)41(62-43-38(53)36(51)34(49)24(5)58-43)44(60-31)59-26-12-14-45(6)25(17-26)9-10-27-28(45)13-15-46(7)29(27)18-30-32(46)22(3)47(63-30)16-11-21(2)19-56-47/h9,21-24,26-44,48-54H,8,10-20H2,1-7H3/t21-,22+,23+,24+,26+,27-,28+,29+,30+,31-,32+,33+,34+,35-,36-,37-,38-,39+,40-,41-,42+,43+,44-,45+,46+,47-/m1/s1. The van der Waals surface area contributed by atoms with E-state index in [1.165, 1.54) is 32.3 Å². The van der Waals surface area contributed by atoms with Gasteiger partial charge in [-0.1, -0.05) is 39.3 Å². The van der Waals surface area contributed by atoms with Crippen molar-refractivity contribution in [2.75, 3.05) is 19.8 Å². The molecule has 9 rings (SSSR count). The van der Waals surface area contributed by atoms with Crippen molar-refractivity contribution in [3.05, 3.63) is 11.6 Å². The third kappa shape index (κ3) is 8.02. The normalized spacial score (nSPS) is 56.9. The Bertz CT molecular complexity index is 1630. The molecule has 0 aromatic rings. The van der Waals surface area contributed by atoms with Gasteiger partial charge in [0.25, 0.3) is 0 Å². The van der Waals surface area contributed by atoms with E-state index in [4.69, 9.17) is 42.6 Å². The lowest BCUT2D eigenvalue weighted by Gasteiger charge is -2.59. The molecule has 0 aromatic carbocycles. The molecule has 5 aliphatic heterocycles. The minimum Gasteiger partial charge on any atom is -0.388 e. The van der Waals surface area contributed by atoms with E-state index in [0.29, 0.717) is 48.5 Å². The molecule has 0 unspecified atom stereocenters. The number of aliphatic hydroxyl groups excluding tert-OH is 7. The first-order valence-corrected chi connectivity index (χ1v) is 24.2. The minimum atomic E-state index is -1.68. The van der Waals surface area contributed by atoms with Gasteiger partial charge in [-0.3, -0.25) is 0 Å². The Hall–Kier alpha value is -0.900. The summed E-state index contributed by atoms with van der Waals surface area (Å²) in [5.41, 5.74) is 1.59. The van der Waals surface area contributed by atoms with Crippen LogP contribution in [-0.2, 0) is 42.6 Å². The molecule has 16 heteroatoms. The van der Waals surface area contributed by atoms with E-state index in [1.54, 1.807) is 0 Å². The predicted molar refractivity (Wildman–Crippen MR) is 222 cm³/mol. The molecule has 1 spiro atoms. The van der Waals surface area contributed by atoms with E-state index < -0.39 is 97.9 Å². The maximum absolute atomic E-state index is 12.2. The van der Waals surface area contributed by atoms with Gasteiger partial charge in [-0.15, -0.1) is 0 Å². The first-order valence-electron chi connectivity index (χ1n) is 24.2. The van der Waals surface area contributed by atoms with Gasteiger partial charge in [0.15, 0.2) is 24.7 Å². The van der Waals surface area contributed by atoms with Crippen molar-refractivity contribution in [3.8, 4) is 0 Å². The van der Waals surface area contributed by atoms with Crippen LogP contribution in [0.3, 0.4) is 0 Å². The maximum atomic E-state index is 12.2. The zero-order chi connectivity index (χ0) is 44.9. The van der Waals surface area contributed by atoms with Crippen LogP contribution in [-0.4, -0.2) is 166 Å². The summed E-state index contributed by atoms with van der Waals surface area (Å²) < 4.78 is 56.8. The van der Waals surface area contributed by atoms with E-state index in [9.17, 15) is 35.7 Å². The largest absolute Gasteiger partial charge is 0.388 e. The summed E-state index contributed by atoms with van der Waals surface area (Å²) in [6.07, 6.45) is -9.24. The lowest BCUT2D eigenvalue weighted by molar-refractivity contribution is -0.389. The van der Waals surface area contributed by atoms with E-state index in [1.807, 2.05) is 6.92 Å². The number of rotatable bonds is 9. The fraction of sp³-hybridized carbons (Fsp3) is 0.957. The lowest BCUT2D eigenvalue weighted by atomic mass is 9.47. The second-order valence-electron chi connectivity index (χ2n) is 21.5. The molecule has 0 aromatic heterocycles. The quantitative estimate of drug-likeness (QED) is 0.165. The second-order valence-corrected chi connectivity index (χ2v) is 21.5. The Labute approximate surface area is 371 Å². The van der Waals surface area contributed by atoms with Crippen molar-refractivity contribution < 1.29 is 78.4 Å². The molecule has 3 saturated carbocycles. The van der Waals surface area contributed by atoms with Gasteiger partial charge in [-0.2, -0.15) is 0 Å². The monoisotopic (exact) mass is 897 g/mol.